The Morgan fingerprint density at radius 3 is 2.35 bits per heavy atom. The molecule has 0 unspecified atom stereocenters. The van der Waals surface area contributed by atoms with E-state index in [-0.39, 0.29) is 0 Å². The minimum Gasteiger partial charge on any atom is -0.449 e. The maximum atomic E-state index is 12.1. The van der Waals surface area contributed by atoms with E-state index in [0.29, 0.717) is 21.3 Å². The summed E-state index contributed by atoms with van der Waals surface area (Å²) in [6, 6.07) is 13.3. The van der Waals surface area contributed by atoms with Crippen molar-refractivity contribution in [3.8, 4) is 6.07 Å². The fourth-order valence-corrected chi connectivity index (χ4v) is 2.50. The molecule has 0 fully saturated rings. The summed E-state index contributed by atoms with van der Waals surface area (Å²) < 4.78 is 5.06. The van der Waals surface area contributed by atoms with Crippen molar-refractivity contribution in [1.82, 2.24) is 0 Å². The van der Waals surface area contributed by atoms with Gasteiger partial charge < -0.3 is 10.1 Å². The fraction of sp³-hybridized carbons (Fsp3) is 0.105. The summed E-state index contributed by atoms with van der Waals surface area (Å²) in [6.07, 6.45) is 1.73. The summed E-state index contributed by atoms with van der Waals surface area (Å²) in [7, 11) is 0. The highest BCUT2D eigenvalue weighted by Crippen LogP contribution is 2.22. The van der Waals surface area contributed by atoms with Crippen molar-refractivity contribution in [2.75, 3.05) is 5.32 Å². The van der Waals surface area contributed by atoms with Crippen LogP contribution in [-0.4, -0.2) is 18.0 Å². The van der Waals surface area contributed by atoms with Crippen molar-refractivity contribution >= 4 is 46.8 Å². The van der Waals surface area contributed by atoms with Crippen LogP contribution in [-0.2, 0) is 14.3 Å². The first-order valence-corrected chi connectivity index (χ1v) is 8.29. The molecule has 1 amide bonds. The Hall–Kier alpha value is -2.81. The zero-order chi connectivity index (χ0) is 19.1. The van der Waals surface area contributed by atoms with E-state index < -0.39 is 18.0 Å². The number of halogens is 2. The maximum absolute atomic E-state index is 12.1. The Balaban J connectivity index is 1.91. The third-order valence-corrected chi connectivity index (χ3v) is 3.68. The SMILES string of the molecule is C[C@H](OC(=O)/C=C/c1ccc(C#N)cc1)C(=O)Nc1cc(Cl)cc(Cl)c1. The average molecular weight is 389 g/mol. The zero-order valence-electron chi connectivity index (χ0n) is 13.7. The Kier molecular flexibility index (Phi) is 6.79. The van der Waals surface area contributed by atoms with Crippen LogP contribution in [0.5, 0.6) is 0 Å². The summed E-state index contributed by atoms with van der Waals surface area (Å²) >= 11 is 11.7. The molecule has 0 radical (unpaired) electrons. The van der Waals surface area contributed by atoms with E-state index >= 15 is 0 Å². The van der Waals surface area contributed by atoms with E-state index in [1.807, 2.05) is 6.07 Å². The third kappa shape index (κ3) is 5.92. The van der Waals surface area contributed by atoms with Crippen LogP contribution in [0.1, 0.15) is 18.1 Å². The lowest BCUT2D eigenvalue weighted by Gasteiger charge is -2.12. The second-order valence-corrected chi connectivity index (χ2v) is 6.17. The highest BCUT2D eigenvalue weighted by Gasteiger charge is 2.17. The number of nitrogens with one attached hydrogen (secondary N) is 1. The standard InChI is InChI=1S/C19H14Cl2N2O3/c1-12(19(25)23-17-9-15(20)8-16(21)10-17)26-18(24)7-6-13-2-4-14(11-22)5-3-13/h2-10,12H,1H3,(H,23,25)/b7-6+/t12-/m0/s1. The maximum Gasteiger partial charge on any atom is 0.331 e. The van der Waals surface area contributed by atoms with E-state index in [4.69, 9.17) is 33.2 Å². The average Bonchev–Trinajstić information content (AvgIpc) is 2.59. The van der Waals surface area contributed by atoms with Gasteiger partial charge in [0.15, 0.2) is 6.10 Å². The fourth-order valence-electron chi connectivity index (χ4n) is 1.97. The molecule has 0 aromatic heterocycles. The number of amides is 1. The quantitative estimate of drug-likeness (QED) is 0.605. The van der Waals surface area contributed by atoms with Gasteiger partial charge in [0, 0.05) is 21.8 Å². The number of nitriles is 1. The molecule has 7 heteroatoms. The third-order valence-electron chi connectivity index (χ3n) is 3.24. The van der Waals surface area contributed by atoms with Crippen LogP contribution < -0.4 is 5.32 Å². The Morgan fingerprint density at radius 1 is 1.15 bits per heavy atom. The molecule has 132 valence electrons. The minimum atomic E-state index is -1.01. The highest BCUT2D eigenvalue weighted by atomic mass is 35.5. The first-order valence-electron chi connectivity index (χ1n) is 7.53. The molecule has 0 aliphatic rings. The molecule has 2 rings (SSSR count). The molecule has 1 N–H and O–H groups in total. The molecule has 5 nitrogen and oxygen atoms in total. The molecule has 0 saturated heterocycles. The van der Waals surface area contributed by atoms with Crippen LogP contribution in [0, 0.1) is 11.3 Å². The van der Waals surface area contributed by atoms with Gasteiger partial charge in [-0.2, -0.15) is 5.26 Å². The highest BCUT2D eigenvalue weighted by molar-refractivity contribution is 6.35. The number of nitrogens with zero attached hydrogens (tertiary/aromatic N) is 1. The molecule has 0 aliphatic carbocycles. The lowest BCUT2D eigenvalue weighted by Crippen LogP contribution is -2.29. The van der Waals surface area contributed by atoms with E-state index in [1.54, 1.807) is 24.3 Å². The van der Waals surface area contributed by atoms with Crippen LogP contribution in [0.25, 0.3) is 6.08 Å². The summed E-state index contributed by atoms with van der Waals surface area (Å²) in [5.41, 5.74) is 1.66. The molecule has 2 aromatic rings. The molecule has 0 aliphatic heterocycles. The number of esters is 1. The number of hydrogen-bond acceptors (Lipinski definition) is 4. The molecule has 0 heterocycles. The van der Waals surface area contributed by atoms with Crippen molar-refractivity contribution in [3.63, 3.8) is 0 Å². The predicted octanol–water partition coefficient (Wildman–Crippen LogP) is 4.45. The van der Waals surface area contributed by atoms with Crippen molar-refractivity contribution in [2.24, 2.45) is 0 Å². The van der Waals surface area contributed by atoms with Gasteiger partial charge in [-0.05, 0) is 48.9 Å². The topological polar surface area (TPSA) is 79.2 Å². The van der Waals surface area contributed by atoms with E-state index in [2.05, 4.69) is 5.32 Å². The van der Waals surface area contributed by atoms with Gasteiger partial charge in [-0.3, -0.25) is 4.79 Å². The van der Waals surface area contributed by atoms with Crippen molar-refractivity contribution in [1.29, 1.82) is 5.26 Å². The predicted molar refractivity (Wildman–Crippen MR) is 101 cm³/mol. The number of carbonyl (C=O) groups excluding carboxylic acids is 2. The molecule has 0 bridgehead atoms. The monoisotopic (exact) mass is 388 g/mol. The van der Waals surface area contributed by atoms with Crippen LogP contribution in [0.4, 0.5) is 5.69 Å². The van der Waals surface area contributed by atoms with E-state index in [1.165, 1.54) is 37.3 Å². The van der Waals surface area contributed by atoms with Gasteiger partial charge >= 0.3 is 5.97 Å². The first kappa shape index (κ1) is 19.5. The normalized spacial score (nSPS) is 11.6. The lowest BCUT2D eigenvalue weighted by molar-refractivity contribution is -0.148. The second kappa shape index (κ2) is 9.04. The molecule has 0 spiro atoms. The summed E-state index contributed by atoms with van der Waals surface area (Å²) in [5, 5.41) is 12.1. The minimum absolute atomic E-state index is 0.378. The van der Waals surface area contributed by atoms with Crippen LogP contribution in [0.2, 0.25) is 10.0 Å². The van der Waals surface area contributed by atoms with Crippen molar-refractivity contribution in [2.45, 2.75) is 13.0 Å². The van der Waals surface area contributed by atoms with Gasteiger partial charge in [0.2, 0.25) is 0 Å². The summed E-state index contributed by atoms with van der Waals surface area (Å²) in [4.78, 5) is 23.9. The van der Waals surface area contributed by atoms with Gasteiger partial charge in [0.05, 0.1) is 11.6 Å². The molecule has 26 heavy (non-hydrogen) atoms. The number of ether oxygens (including phenoxy) is 1. The summed E-state index contributed by atoms with van der Waals surface area (Å²) in [6.45, 7) is 1.45. The Labute approximate surface area is 160 Å². The van der Waals surface area contributed by atoms with Gasteiger partial charge in [-0.15, -0.1) is 0 Å². The Morgan fingerprint density at radius 2 is 1.77 bits per heavy atom. The zero-order valence-corrected chi connectivity index (χ0v) is 15.2. The largest absolute Gasteiger partial charge is 0.449 e. The number of carbonyl (C=O) groups is 2. The second-order valence-electron chi connectivity index (χ2n) is 5.29. The molecule has 1 atom stereocenters. The molecular weight excluding hydrogens is 375 g/mol. The molecule has 2 aromatic carbocycles. The van der Waals surface area contributed by atoms with Crippen LogP contribution in [0.3, 0.4) is 0 Å². The lowest BCUT2D eigenvalue weighted by atomic mass is 10.1. The number of benzene rings is 2. The van der Waals surface area contributed by atoms with Gasteiger partial charge in [-0.1, -0.05) is 35.3 Å². The van der Waals surface area contributed by atoms with E-state index in [0.717, 1.165) is 5.56 Å². The number of rotatable bonds is 5. The van der Waals surface area contributed by atoms with Gasteiger partial charge in [0.1, 0.15) is 0 Å². The van der Waals surface area contributed by atoms with E-state index in [9.17, 15) is 9.59 Å². The van der Waals surface area contributed by atoms with Crippen molar-refractivity contribution < 1.29 is 14.3 Å². The van der Waals surface area contributed by atoms with Gasteiger partial charge in [0.25, 0.3) is 5.91 Å². The van der Waals surface area contributed by atoms with Crippen LogP contribution in [0.15, 0.2) is 48.5 Å². The summed E-state index contributed by atoms with van der Waals surface area (Å²) in [5.74, 6) is -1.18. The van der Waals surface area contributed by atoms with Gasteiger partial charge in [-0.25, -0.2) is 4.79 Å². The van der Waals surface area contributed by atoms with Crippen molar-refractivity contribution in [3.05, 3.63) is 69.7 Å². The smallest absolute Gasteiger partial charge is 0.331 e. The Bertz CT molecular complexity index is 866. The number of hydrogen-bond donors (Lipinski definition) is 1. The first-order chi connectivity index (χ1) is 12.4. The molecular formula is C19H14Cl2N2O3. The van der Waals surface area contributed by atoms with Crippen LogP contribution >= 0.6 is 23.2 Å². The number of anilines is 1. The molecule has 0 saturated carbocycles.